The fourth-order valence-corrected chi connectivity index (χ4v) is 7.54. The zero-order chi connectivity index (χ0) is 28.8. The molecule has 0 saturated carbocycles. The second kappa shape index (κ2) is 10.8. The summed E-state index contributed by atoms with van der Waals surface area (Å²) in [4.78, 5) is 44.8. The third-order valence-electron chi connectivity index (χ3n) is 9.57. The van der Waals surface area contributed by atoms with Crippen molar-refractivity contribution in [2.24, 2.45) is 29.1 Å². The summed E-state index contributed by atoms with van der Waals surface area (Å²) in [6.07, 6.45) is 12.6. The molecule has 40 heavy (non-hydrogen) atoms. The molecule has 2 aromatic rings. The third kappa shape index (κ3) is 4.43. The van der Waals surface area contributed by atoms with Crippen LogP contribution in [0.4, 0.5) is 0 Å². The van der Waals surface area contributed by atoms with E-state index < -0.39 is 23.2 Å². The van der Waals surface area contributed by atoms with Crippen LogP contribution in [-0.2, 0) is 14.4 Å². The molecule has 2 heterocycles. The number of rotatable bonds is 3. The van der Waals surface area contributed by atoms with Gasteiger partial charge in [-0.15, -0.1) is 0 Å². The highest BCUT2D eigenvalue weighted by molar-refractivity contribution is 6.15. The van der Waals surface area contributed by atoms with E-state index in [0.717, 1.165) is 29.0 Å². The van der Waals surface area contributed by atoms with Gasteiger partial charge in [0.05, 0.1) is 0 Å². The van der Waals surface area contributed by atoms with Crippen molar-refractivity contribution in [2.45, 2.75) is 65.5 Å². The van der Waals surface area contributed by atoms with Gasteiger partial charge in [0.15, 0.2) is 11.6 Å². The van der Waals surface area contributed by atoms with Crippen molar-refractivity contribution in [3.8, 4) is 0 Å². The molecule has 2 aliphatic carbocycles. The van der Waals surface area contributed by atoms with Crippen LogP contribution in [0.5, 0.6) is 0 Å². The number of aliphatic hydroxyl groups is 1. The Balaban J connectivity index is 1.67. The Bertz CT molecular complexity index is 1460. The Kier molecular flexibility index (Phi) is 7.58. The van der Waals surface area contributed by atoms with Crippen LogP contribution >= 0.6 is 0 Å². The first-order valence-corrected chi connectivity index (χ1v) is 14.5. The molecule has 1 aliphatic heterocycles. The van der Waals surface area contributed by atoms with Gasteiger partial charge in [-0.2, -0.15) is 0 Å². The van der Waals surface area contributed by atoms with E-state index in [0.29, 0.717) is 12.0 Å². The van der Waals surface area contributed by atoms with E-state index in [4.69, 9.17) is 0 Å². The second-order valence-corrected chi connectivity index (χ2v) is 12.0. The molecule has 210 valence electrons. The summed E-state index contributed by atoms with van der Waals surface area (Å²) >= 11 is 0. The Morgan fingerprint density at radius 3 is 2.58 bits per heavy atom. The number of aromatic nitrogens is 1. The zero-order valence-corrected chi connectivity index (χ0v) is 24.0. The average Bonchev–Trinajstić information content (AvgIpc) is 3.50. The molecule has 1 saturated heterocycles. The van der Waals surface area contributed by atoms with E-state index in [1.165, 1.54) is 11.6 Å². The zero-order valence-electron chi connectivity index (χ0n) is 24.0. The number of nitrogens with one attached hydrogen (secondary N) is 2. The lowest BCUT2D eigenvalue weighted by atomic mass is 9.53. The van der Waals surface area contributed by atoms with E-state index in [-0.39, 0.29) is 41.4 Å². The van der Waals surface area contributed by atoms with Crippen molar-refractivity contribution in [1.82, 2.24) is 10.3 Å². The lowest BCUT2D eigenvalue weighted by Gasteiger charge is -2.46. The van der Waals surface area contributed by atoms with Gasteiger partial charge in [0, 0.05) is 40.9 Å². The summed E-state index contributed by atoms with van der Waals surface area (Å²) in [7, 11) is 0. The maximum atomic E-state index is 14.3. The minimum atomic E-state index is -1.39. The van der Waals surface area contributed by atoms with Crippen LogP contribution in [0.3, 0.4) is 0 Å². The predicted molar refractivity (Wildman–Crippen MR) is 157 cm³/mol. The van der Waals surface area contributed by atoms with Crippen LogP contribution in [0.1, 0.15) is 58.9 Å². The summed E-state index contributed by atoms with van der Waals surface area (Å²) < 4.78 is 0. The van der Waals surface area contributed by atoms with Gasteiger partial charge in [0.25, 0.3) is 0 Å². The van der Waals surface area contributed by atoms with Crippen LogP contribution < -0.4 is 5.32 Å². The van der Waals surface area contributed by atoms with E-state index >= 15 is 0 Å². The topological polar surface area (TPSA) is 99.3 Å². The van der Waals surface area contributed by atoms with Gasteiger partial charge < -0.3 is 15.4 Å². The second-order valence-electron chi connectivity index (χ2n) is 12.0. The lowest BCUT2D eigenvalue weighted by molar-refractivity contribution is -0.142. The highest BCUT2D eigenvalue weighted by atomic mass is 16.3. The first-order chi connectivity index (χ1) is 19.1. The maximum Gasteiger partial charge on any atom is 0.235 e. The summed E-state index contributed by atoms with van der Waals surface area (Å²) in [5, 5.41) is 15.0. The molecule has 1 amide bonds. The normalized spacial score (nSPS) is 36.6. The Labute approximate surface area is 236 Å². The largest absolute Gasteiger partial charge is 0.381 e. The van der Waals surface area contributed by atoms with Crippen LogP contribution in [-0.4, -0.2) is 39.7 Å². The van der Waals surface area contributed by atoms with Crippen molar-refractivity contribution in [3.05, 3.63) is 83.6 Å². The molecular weight excluding hydrogens is 500 g/mol. The molecule has 0 radical (unpaired) electrons. The quantitative estimate of drug-likeness (QED) is 0.350. The van der Waals surface area contributed by atoms with Crippen LogP contribution in [0.2, 0.25) is 0 Å². The van der Waals surface area contributed by atoms with E-state index in [9.17, 15) is 19.5 Å². The molecule has 6 heteroatoms. The molecule has 3 N–H and O–H groups in total. The number of carbonyl (C=O) groups excluding carboxylic acids is 3. The summed E-state index contributed by atoms with van der Waals surface area (Å²) in [6.45, 7) is 10.1. The molecule has 3 aliphatic rings. The number of fused-ring (bicyclic) bond motifs is 1. The number of aromatic amines is 1. The number of benzene rings is 1. The lowest BCUT2D eigenvalue weighted by Crippen LogP contribution is -2.52. The number of carbonyl (C=O) groups is 3. The number of hydrogen-bond acceptors (Lipinski definition) is 4. The summed E-state index contributed by atoms with van der Waals surface area (Å²) in [5.74, 6) is -1.95. The SMILES string of the molecule is CC[C@@H]1C(C)=C[C@@H]2/C=C/C[C@H](C)/C=C(\C)[C@@H](O)C(=O)/C=C/C(=O)[C@]23C(=O)N[C@@H]([C@H](C)c2c[nH]c4ccccc24)[C@H]13. The van der Waals surface area contributed by atoms with Gasteiger partial charge in [-0.3, -0.25) is 14.4 Å². The van der Waals surface area contributed by atoms with Crippen molar-refractivity contribution in [1.29, 1.82) is 0 Å². The predicted octanol–water partition coefficient (Wildman–Crippen LogP) is 5.57. The molecule has 0 unspecified atom stereocenters. The number of hydrogen-bond donors (Lipinski definition) is 3. The molecule has 8 atom stereocenters. The van der Waals surface area contributed by atoms with E-state index in [1.807, 2.05) is 49.5 Å². The highest BCUT2D eigenvalue weighted by Crippen LogP contribution is 2.57. The minimum Gasteiger partial charge on any atom is -0.381 e. The summed E-state index contributed by atoms with van der Waals surface area (Å²) in [5.41, 5.74) is 2.49. The Hall–Kier alpha value is -3.51. The number of allylic oxidation sites excluding steroid dienone is 6. The number of para-hydroxylation sites is 1. The van der Waals surface area contributed by atoms with Crippen LogP contribution in [0.25, 0.3) is 10.9 Å². The number of H-pyrrole nitrogens is 1. The molecule has 5 rings (SSSR count). The number of aliphatic hydroxyl groups excluding tert-OH is 1. The van der Waals surface area contributed by atoms with Crippen molar-refractivity contribution in [3.63, 3.8) is 0 Å². The monoisotopic (exact) mass is 540 g/mol. The smallest absolute Gasteiger partial charge is 0.235 e. The molecular formula is C34H40N2O4. The van der Waals surface area contributed by atoms with Crippen LogP contribution in [0.15, 0.2) is 78.1 Å². The van der Waals surface area contributed by atoms with Gasteiger partial charge in [0.1, 0.15) is 11.5 Å². The minimum absolute atomic E-state index is 0.0124. The maximum absolute atomic E-state index is 14.3. The first-order valence-electron chi connectivity index (χ1n) is 14.5. The Morgan fingerprint density at radius 1 is 1.07 bits per heavy atom. The molecule has 6 nitrogen and oxygen atoms in total. The fraction of sp³-hybridized carbons (Fsp3) is 0.441. The van der Waals surface area contributed by atoms with Gasteiger partial charge in [-0.1, -0.05) is 68.8 Å². The van der Waals surface area contributed by atoms with E-state index in [2.05, 4.69) is 43.2 Å². The molecule has 1 aromatic heterocycles. The molecule has 1 aromatic carbocycles. The average molecular weight is 541 g/mol. The van der Waals surface area contributed by atoms with Crippen molar-refractivity contribution < 1.29 is 19.5 Å². The fourth-order valence-electron chi connectivity index (χ4n) is 7.54. The highest BCUT2D eigenvalue weighted by Gasteiger charge is 2.66. The number of amides is 1. The molecule has 0 bridgehead atoms. The molecule has 1 spiro atoms. The van der Waals surface area contributed by atoms with Gasteiger partial charge in [-0.25, -0.2) is 0 Å². The van der Waals surface area contributed by atoms with Crippen molar-refractivity contribution >= 4 is 28.4 Å². The Morgan fingerprint density at radius 2 is 1.82 bits per heavy atom. The van der Waals surface area contributed by atoms with Gasteiger partial charge in [-0.05, 0) is 67.9 Å². The van der Waals surface area contributed by atoms with Gasteiger partial charge in [0.2, 0.25) is 5.91 Å². The van der Waals surface area contributed by atoms with Crippen LogP contribution in [0, 0.1) is 29.1 Å². The molecule has 1 fully saturated rings. The van der Waals surface area contributed by atoms with E-state index in [1.54, 1.807) is 6.92 Å². The van der Waals surface area contributed by atoms with Gasteiger partial charge >= 0.3 is 0 Å². The standard InChI is InChI=1S/C34H40N2O4/c1-6-24-20(3)17-23-11-9-10-19(2)16-21(4)32(39)28(37)14-15-29(38)34(23)30(24)31(36-33(34)40)22(5)26-18-35-27-13-8-7-12-25(26)27/h7-9,11-19,22-24,30-32,35,39H,6,10H2,1-5H3,(H,36,40)/b11-9+,15-14+,21-16+/t19-,22+,23-,24+,30-,31-,32+,34+/m0/s1. The summed E-state index contributed by atoms with van der Waals surface area (Å²) in [6, 6.07) is 7.84. The first kappa shape index (κ1) is 28.0. The third-order valence-corrected chi connectivity index (χ3v) is 9.57. The number of ketones is 2. The van der Waals surface area contributed by atoms with Crippen molar-refractivity contribution in [2.75, 3.05) is 0 Å².